The molecule has 1 aliphatic rings. The lowest BCUT2D eigenvalue weighted by atomic mass is 10.1. The van der Waals surface area contributed by atoms with Crippen molar-refractivity contribution >= 4 is 11.7 Å². The molecule has 2 amide bonds. The summed E-state index contributed by atoms with van der Waals surface area (Å²) in [7, 11) is 1.49. The van der Waals surface area contributed by atoms with E-state index in [2.05, 4.69) is 5.32 Å². The average Bonchev–Trinajstić information content (AvgIpc) is 2.75. The van der Waals surface area contributed by atoms with Gasteiger partial charge in [-0.25, -0.2) is 4.79 Å². The number of nitro benzene ring substituents is 1. The maximum atomic E-state index is 11.4. The molecule has 0 saturated carbocycles. The Bertz CT molecular complexity index is 489. The second-order valence-corrected chi connectivity index (χ2v) is 3.91. The van der Waals surface area contributed by atoms with E-state index in [1.165, 1.54) is 19.2 Å². The third kappa shape index (κ3) is 2.34. The van der Waals surface area contributed by atoms with Crippen LogP contribution in [0.2, 0.25) is 0 Å². The van der Waals surface area contributed by atoms with E-state index in [4.69, 9.17) is 4.74 Å². The molecule has 1 aromatic rings. The van der Waals surface area contributed by atoms with Gasteiger partial charge in [-0.05, 0) is 6.07 Å². The van der Waals surface area contributed by atoms with Crippen molar-refractivity contribution < 1.29 is 14.5 Å². The number of nitro groups is 1. The van der Waals surface area contributed by atoms with Crippen molar-refractivity contribution in [3.8, 4) is 5.75 Å². The maximum Gasteiger partial charge on any atom is 0.317 e. The molecule has 1 heterocycles. The summed E-state index contributed by atoms with van der Waals surface area (Å²) in [4.78, 5) is 23.3. The average molecular weight is 251 g/mol. The van der Waals surface area contributed by atoms with Gasteiger partial charge in [-0.15, -0.1) is 0 Å². The largest absolute Gasteiger partial charge is 0.496 e. The molecule has 0 bridgehead atoms. The fraction of sp³-hybridized carbons (Fsp3) is 0.364. The van der Waals surface area contributed by atoms with E-state index in [9.17, 15) is 14.9 Å². The Morgan fingerprint density at radius 2 is 2.33 bits per heavy atom. The highest BCUT2D eigenvalue weighted by Crippen LogP contribution is 2.25. The number of methoxy groups -OCH3 is 1. The minimum Gasteiger partial charge on any atom is -0.496 e. The van der Waals surface area contributed by atoms with Crippen LogP contribution in [0.25, 0.3) is 0 Å². The molecule has 18 heavy (non-hydrogen) atoms. The highest BCUT2D eigenvalue weighted by molar-refractivity contribution is 5.76. The van der Waals surface area contributed by atoms with E-state index in [-0.39, 0.29) is 11.7 Å². The lowest BCUT2D eigenvalue weighted by Crippen LogP contribution is -2.27. The molecule has 0 unspecified atom stereocenters. The summed E-state index contributed by atoms with van der Waals surface area (Å²) < 4.78 is 5.14. The third-order valence-corrected chi connectivity index (χ3v) is 2.78. The molecule has 1 aromatic carbocycles. The quantitative estimate of drug-likeness (QED) is 0.642. The number of ether oxygens (including phenoxy) is 1. The standard InChI is InChI=1S/C11H13N3O4/c1-18-10-3-2-9(14(16)17)6-8(10)7-13-5-4-12-11(13)15/h2-3,6H,4-5,7H2,1H3,(H,12,15). The monoisotopic (exact) mass is 251 g/mol. The molecule has 7 heteroatoms. The van der Waals surface area contributed by atoms with Crippen molar-refractivity contribution in [3.05, 3.63) is 33.9 Å². The van der Waals surface area contributed by atoms with E-state index in [1.807, 2.05) is 0 Å². The van der Waals surface area contributed by atoms with Crippen molar-refractivity contribution in [2.45, 2.75) is 6.54 Å². The van der Waals surface area contributed by atoms with Gasteiger partial charge in [-0.1, -0.05) is 0 Å². The van der Waals surface area contributed by atoms with Crippen LogP contribution in [0.5, 0.6) is 5.75 Å². The molecule has 1 saturated heterocycles. The van der Waals surface area contributed by atoms with Crippen LogP contribution in [0, 0.1) is 10.1 Å². The fourth-order valence-electron chi connectivity index (χ4n) is 1.87. The number of benzene rings is 1. The molecule has 0 aliphatic carbocycles. The zero-order valence-corrected chi connectivity index (χ0v) is 9.88. The van der Waals surface area contributed by atoms with Crippen molar-refractivity contribution in [3.63, 3.8) is 0 Å². The molecular formula is C11H13N3O4. The Hall–Kier alpha value is -2.31. The van der Waals surface area contributed by atoms with Gasteiger partial charge in [-0.2, -0.15) is 0 Å². The number of hydrogen-bond donors (Lipinski definition) is 1. The Kier molecular flexibility index (Phi) is 3.31. The van der Waals surface area contributed by atoms with E-state index in [0.717, 1.165) is 0 Å². The molecule has 7 nitrogen and oxygen atoms in total. The first-order chi connectivity index (χ1) is 8.61. The molecular weight excluding hydrogens is 238 g/mol. The third-order valence-electron chi connectivity index (χ3n) is 2.78. The second kappa shape index (κ2) is 4.91. The van der Waals surface area contributed by atoms with Gasteiger partial charge in [0.05, 0.1) is 18.6 Å². The normalized spacial score (nSPS) is 14.5. The van der Waals surface area contributed by atoms with Crippen LogP contribution < -0.4 is 10.1 Å². The zero-order chi connectivity index (χ0) is 13.1. The van der Waals surface area contributed by atoms with Crippen LogP contribution in [0.15, 0.2) is 18.2 Å². The Morgan fingerprint density at radius 1 is 1.56 bits per heavy atom. The van der Waals surface area contributed by atoms with E-state index in [1.54, 1.807) is 11.0 Å². The molecule has 96 valence electrons. The SMILES string of the molecule is COc1ccc([N+](=O)[O-])cc1CN1CCNC1=O. The van der Waals surface area contributed by atoms with Crippen LogP contribution in [0.1, 0.15) is 5.56 Å². The number of non-ortho nitro benzene ring substituents is 1. The summed E-state index contributed by atoms with van der Waals surface area (Å²) in [6, 6.07) is 4.20. The smallest absolute Gasteiger partial charge is 0.317 e. The molecule has 1 fully saturated rings. The van der Waals surface area contributed by atoms with Gasteiger partial charge in [0.2, 0.25) is 0 Å². The number of rotatable bonds is 4. The highest BCUT2D eigenvalue weighted by Gasteiger charge is 2.22. The van der Waals surface area contributed by atoms with Gasteiger partial charge in [0.1, 0.15) is 5.75 Å². The summed E-state index contributed by atoms with van der Waals surface area (Å²) in [6.07, 6.45) is 0. The lowest BCUT2D eigenvalue weighted by Gasteiger charge is -2.16. The van der Waals surface area contributed by atoms with Crippen molar-refractivity contribution in [1.29, 1.82) is 0 Å². The molecule has 2 rings (SSSR count). The van der Waals surface area contributed by atoms with Gasteiger partial charge < -0.3 is 15.0 Å². The van der Waals surface area contributed by atoms with E-state index < -0.39 is 4.92 Å². The second-order valence-electron chi connectivity index (χ2n) is 3.91. The van der Waals surface area contributed by atoms with Gasteiger partial charge >= 0.3 is 6.03 Å². The number of carbonyl (C=O) groups is 1. The summed E-state index contributed by atoms with van der Waals surface area (Å²) in [6.45, 7) is 1.48. The fourth-order valence-corrected chi connectivity index (χ4v) is 1.87. The van der Waals surface area contributed by atoms with Crippen molar-refractivity contribution in [1.82, 2.24) is 10.2 Å². The van der Waals surface area contributed by atoms with Crippen LogP contribution in [0.4, 0.5) is 10.5 Å². The van der Waals surface area contributed by atoms with E-state index in [0.29, 0.717) is 30.9 Å². The molecule has 1 aliphatic heterocycles. The summed E-state index contributed by atoms with van der Waals surface area (Å²) in [5.41, 5.74) is 0.620. The predicted octanol–water partition coefficient (Wildman–Crippen LogP) is 1.13. The van der Waals surface area contributed by atoms with Gasteiger partial charge in [-0.3, -0.25) is 10.1 Å². The number of carbonyl (C=O) groups excluding carboxylic acids is 1. The number of urea groups is 1. The summed E-state index contributed by atoms with van der Waals surface area (Å²) in [5.74, 6) is 0.542. The summed E-state index contributed by atoms with van der Waals surface area (Å²) in [5, 5.41) is 13.4. The van der Waals surface area contributed by atoms with Crippen molar-refractivity contribution in [2.75, 3.05) is 20.2 Å². The first kappa shape index (κ1) is 12.2. The molecule has 0 spiro atoms. The topological polar surface area (TPSA) is 84.7 Å². The predicted molar refractivity (Wildman–Crippen MR) is 63.5 cm³/mol. The minimum atomic E-state index is -0.465. The minimum absolute atomic E-state index is 0.00888. The zero-order valence-electron chi connectivity index (χ0n) is 9.88. The summed E-state index contributed by atoms with van der Waals surface area (Å²) >= 11 is 0. The van der Waals surface area contributed by atoms with E-state index >= 15 is 0 Å². The number of hydrogen-bond acceptors (Lipinski definition) is 4. The van der Waals surface area contributed by atoms with Crippen LogP contribution in [-0.2, 0) is 6.54 Å². The van der Waals surface area contributed by atoms with Gasteiger partial charge in [0, 0.05) is 30.8 Å². The lowest BCUT2D eigenvalue weighted by molar-refractivity contribution is -0.384. The number of nitrogens with one attached hydrogen (secondary N) is 1. The molecule has 0 aromatic heterocycles. The van der Waals surface area contributed by atoms with Crippen molar-refractivity contribution in [2.24, 2.45) is 0 Å². The maximum absolute atomic E-state index is 11.4. The van der Waals surface area contributed by atoms with Gasteiger partial charge in [0.25, 0.3) is 5.69 Å². The molecule has 0 radical (unpaired) electrons. The first-order valence-corrected chi connectivity index (χ1v) is 5.46. The molecule has 1 N–H and O–H groups in total. The molecule has 0 atom stereocenters. The number of amides is 2. The Morgan fingerprint density at radius 3 is 2.89 bits per heavy atom. The van der Waals surface area contributed by atoms with Crippen LogP contribution in [0.3, 0.4) is 0 Å². The Labute approximate surface area is 103 Å². The Balaban J connectivity index is 2.26. The number of nitrogens with zero attached hydrogens (tertiary/aromatic N) is 2. The van der Waals surface area contributed by atoms with Gasteiger partial charge in [0.15, 0.2) is 0 Å². The highest BCUT2D eigenvalue weighted by atomic mass is 16.6. The first-order valence-electron chi connectivity index (χ1n) is 5.46. The van der Waals surface area contributed by atoms with Crippen LogP contribution >= 0.6 is 0 Å². The van der Waals surface area contributed by atoms with Crippen LogP contribution in [-0.4, -0.2) is 36.1 Å².